The van der Waals surface area contributed by atoms with Crippen molar-refractivity contribution in [1.29, 1.82) is 0 Å². The zero-order valence-electron chi connectivity index (χ0n) is 8.77. The third-order valence-corrected chi connectivity index (χ3v) is 4.63. The summed E-state index contributed by atoms with van der Waals surface area (Å²) in [4.78, 5) is 4.28. The number of aromatic nitrogens is 1. The van der Waals surface area contributed by atoms with Crippen LogP contribution in [0.4, 0.5) is 5.82 Å². The van der Waals surface area contributed by atoms with E-state index in [9.17, 15) is 8.42 Å². The number of anilines is 1. The van der Waals surface area contributed by atoms with Gasteiger partial charge in [0.2, 0.25) is 10.0 Å². The van der Waals surface area contributed by atoms with Crippen molar-refractivity contribution in [3.8, 4) is 0 Å². The fourth-order valence-corrected chi connectivity index (χ4v) is 3.65. The highest BCUT2D eigenvalue weighted by molar-refractivity contribution is 9.10. The van der Waals surface area contributed by atoms with Gasteiger partial charge in [-0.2, -0.15) is 4.31 Å². The van der Waals surface area contributed by atoms with Crippen LogP contribution in [-0.4, -0.2) is 30.9 Å². The third-order valence-electron chi connectivity index (χ3n) is 2.33. The van der Waals surface area contributed by atoms with Crippen molar-refractivity contribution in [3.05, 3.63) is 16.7 Å². The van der Waals surface area contributed by atoms with E-state index in [1.54, 1.807) is 12.3 Å². The van der Waals surface area contributed by atoms with Gasteiger partial charge in [-0.05, 0) is 28.4 Å². The van der Waals surface area contributed by atoms with Gasteiger partial charge in [0.25, 0.3) is 0 Å². The highest BCUT2D eigenvalue weighted by atomic mass is 79.9. The van der Waals surface area contributed by atoms with Crippen molar-refractivity contribution >= 4 is 31.8 Å². The highest BCUT2D eigenvalue weighted by Crippen LogP contribution is 2.29. The van der Waals surface area contributed by atoms with Crippen LogP contribution < -0.4 is 5.32 Å². The van der Waals surface area contributed by atoms with Crippen LogP contribution in [0, 0.1) is 0 Å². The molecule has 0 bridgehead atoms. The molecule has 7 heteroatoms. The highest BCUT2D eigenvalue weighted by Gasteiger charge is 2.31. The van der Waals surface area contributed by atoms with Crippen LogP contribution in [0.5, 0.6) is 0 Å². The van der Waals surface area contributed by atoms with E-state index < -0.39 is 10.0 Å². The smallest absolute Gasteiger partial charge is 0.248 e. The fourth-order valence-electron chi connectivity index (χ4n) is 1.59. The molecule has 16 heavy (non-hydrogen) atoms. The Bertz CT molecular complexity index is 503. The first kappa shape index (κ1) is 11.8. The predicted molar refractivity (Wildman–Crippen MR) is 64.6 cm³/mol. The van der Waals surface area contributed by atoms with E-state index in [1.165, 1.54) is 4.31 Å². The summed E-state index contributed by atoms with van der Waals surface area (Å²) < 4.78 is 26.4. The maximum Gasteiger partial charge on any atom is 0.248 e. The Morgan fingerprint density at radius 1 is 1.62 bits per heavy atom. The van der Waals surface area contributed by atoms with Gasteiger partial charge in [0.1, 0.15) is 10.7 Å². The van der Waals surface area contributed by atoms with Gasteiger partial charge >= 0.3 is 0 Å². The van der Waals surface area contributed by atoms with Gasteiger partial charge in [-0.15, -0.1) is 0 Å². The summed E-state index contributed by atoms with van der Waals surface area (Å²) >= 11 is 3.23. The zero-order valence-corrected chi connectivity index (χ0v) is 11.2. The number of pyridine rings is 1. The van der Waals surface area contributed by atoms with Gasteiger partial charge in [0.15, 0.2) is 0 Å². The summed E-state index contributed by atoms with van der Waals surface area (Å²) in [6.45, 7) is 2.75. The van der Waals surface area contributed by atoms with Gasteiger partial charge < -0.3 is 5.32 Å². The minimum atomic E-state index is -3.39. The molecule has 88 valence electrons. The lowest BCUT2D eigenvalue weighted by Gasteiger charge is -2.28. The number of nitrogens with one attached hydrogen (secondary N) is 1. The first-order chi connectivity index (χ1) is 7.55. The molecule has 5 nitrogen and oxygen atoms in total. The third kappa shape index (κ3) is 1.94. The summed E-state index contributed by atoms with van der Waals surface area (Å²) in [7, 11) is -3.39. The van der Waals surface area contributed by atoms with E-state index in [0.29, 0.717) is 16.8 Å². The molecule has 0 amide bonds. The molecule has 1 aromatic heterocycles. The second-order valence-corrected chi connectivity index (χ2v) is 6.34. The monoisotopic (exact) mass is 305 g/mol. The molecule has 0 unspecified atom stereocenters. The topological polar surface area (TPSA) is 62.3 Å². The molecule has 1 aliphatic heterocycles. The first-order valence-electron chi connectivity index (χ1n) is 4.95. The molecule has 0 radical (unpaired) electrons. The molecule has 2 rings (SSSR count). The Hall–Kier alpha value is -0.660. The summed E-state index contributed by atoms with van der Waals surface area (Å²) in [5, 5.41) is 3.00. The Morgan fingerprint density at radius 2 is 2.38 bits per heavy atom. The first-order valence-corrected chi connectivity index (χ1v) is 7.18. The Labute approximate surface area is 103 Å². The van der Waals surface area contributed by atoms with Crippen molar-refractivity contribution in [1.82, 2.24) is 9.29 Å². The molecular formula is C9H12BrN3O2S. The van der Waals surface area contributed by atoms with Crippen molar-refractivity contribution in [3.63, 3.8) is 0 Å². The van der Waals surface area contributed by atoms with E-state index in [0.717, 1.165) is 6.42 Å². The van der Waals surface area contributed by atoms with Crippen molar-refractivity contribution in [2.45, 2.75) is 18.2 Å². The molecule has 0 fully saturated rings. The number of hydrogen-bond donors (Lipinski definition) is 1. The maximum atomic E-state index is 12.2. The van der Waals surface area contributed by atoms with Gasteiger partial charge in [0.05, 0.1) is 6.67 Å². The number of sulfonamides is 1. The maximum absolute atomic E-state index is 12.2. The van der Waals surface area contributed by atoms with Crippen LogP contribution in [-0.2, 0) is 10.0 Å². The lowest BCUT2D eigenvalue weighted by Crippen LogP contribution is -2.40. The molecule has 0 aromatic carbocycles. The van der Waals surface area contributed by atoms with Crippen LogP contribution in [0.25, 0.3) is 0 Å². The average Bonchev–Trinajstić information content (AvgIpc) is 2.24. The molecule has 0 saturated carbocycles. The normalized spacial score (nSPS) is 18.9. The lowest BCUT2D eigenvalue weighted by atomic mass is 10.4. The van der Waals surface area contributed by atoms with E-state index in [1.807, 2.05) is 6.92 Å². The number of nitrogens with zero attached hydrogens (tertiary/aromatic N) is 2. The predicted octanol–water partition coefficient (Wildman–Crippen LogP) is 1.63. The summed E-state index contributed by atoms with van der Waals surface area (Å²) in [5.74, 6) is 0.426. The number of halogens is 1. The van der Waals surface area contributed by atoms with Crippen molar-refractivity contribution in [2.75, 3.05) is 18.5 Å². The van der Waals surface area contributed by atoms with Crippen molar-refractivity contribution in [2.24, 2.45) is 0 Å². The molecule has 0 aliphatic carbocycles. The van der Waals surface area contributed by atoms with Crippen LogP contribution >= 0.6 is 15.9 Å². The largest absolute Gasteiger partial charge is 0.355 e. The lowest BCUT2D eigenvalue weighted by molar-refractivity contribution is 0.423. The average molecular weight is 306 g/mol. The van der Waals surface area contributed by atoms with Crippen LogP contribution in [0.2, 0.25) is 0 Å². The molecule has 0 atom stereocenters. The van der Waals surface area contributed by atoms with Gasteiger partial charge in [-0.1, -0.05) is 6.92 Å². The minimum Gasteiger partial charge on any atom is -0.355 e. The van der Waals surface area contributed by atoms with E-state index in [2.05, 4.69) is 26.2 Å². The zero-order chi connectivity index (χ0) is 11.8. The van der Waals surface area contributed by atoms with Crippen LogP contribution in [0.3, 0.4) is 0 Å². The molecule has 2 heterocycles. The number of hydrogen-bond acceptors (Lipinski definition) is 4. The Morgan fingerprint density at radius 3 is 3.06 bits per heavy atom. The van der Waals surface area contributed by atoms with Crippen LogP contribution in [0.15, 0.2) is 21.6 Å². The fraction of sp³-hybridized carbons (Fsp3) is 0.444. The van der Waals surface area contributed by atoms with Gasteiger partial charge in [-0.25, -0.2) is 13.4 Å². The molecule has 1 aliphatic rings. The summed E-state index contributed by atoms with van der Waals surface area (Å²) in [6, 6.07) is 1.58. The SMILES string of the molecule is CCCN1CNc2ncc(Br)cc2S1(=O)=O. The molecular weight excluding hydrogens is 294 g/mol. The standard InChI is InChI=1S/C9H12BrN3O2S/c1-2-3-13-6-12-9-8(16(13,14)15)4-7(10)5-11-9/h4-5H,2-3,6H2,1H3,(H,11,12). The van der Waals surface area contributed by atoms with E-state index in [-0.39, 0.29) is 11.6 Å². The van der Waals surface area contributed by atoms with Gasteiger partial charge in [0, 0.05) is 17.2 Å². The summed E-state index contributed by atoms with van der Waals surface area (Å²) in [5.41, 5.74) is 0. The van der Waals surface area contributed by atoms with Gasteiger partial charge in [-0.3, -0.25) is 0 Å². The Balaban J connectivity index is 2.49. The number of fused-ring (bicyclic) bond motifs is 1. The number of rotatable bonds is 2. The molecule has 1 aromatic rings. The Kier molecular flexibility index (Phi) is 3.18. The summed E-state index contributed by atoms with van der Waals surface area (Å²) in [6.07, 6.45) is 2.37. The minimum absolute atomic E-state index is 0.238. The second-order valence-electron chi connectivity index (χ2n) is 3.52. The van der Waals surface area contributed by atoms with Crippen molar-refractivity contribution < 1.29 is 8.42 Å². The molecule has 0 spiro atoms. The van der Waals surface area contributed by atoms with E-state index >= 15 is 0 Å². The molecule has 0 saturated heterocycles. The van der Waals surface area contributed by atoms with E-state index in [4.69, 9.17) is 0 Å². The quantitative estimate of drug-likeness (QED) is 0.902. The molecule has 1 N–H and O–H groups in total. The second kappa shape index (κ2) is 4.31. The van der Waals surface area contributed by atoms with Crippen LogP contribution in [0.1, 0.15) is 13.3 Å².